The average molecular weight is 316 g/mol. The van der Waals surface area contributed by atoms with Crippen molar-refractivity contribution in [2.75, 3.05) is 0 Å². The topological polar surface area (TPSA) is 21.9 Å². The monoisotopic (exact) mass is 316 g/mol. The predicted octanol–water partition coefficient (Wildman–Crippen LogP) is -1.38. The zero-order valence-corrected chi connectivity index (χ0v) is 10.9. The maximum atomic E-state index is 5.21. The molecule has 0 fully saturated rings. The first-order chi connectivity index (χ1) is 6.77. The van der Waals surface area contributed by atoms with E-state index < -0.39 is 0 Å². The smallest absolute Gasteiger partial charge is 0.281 e. The van der Waals surface area contributed by atoms with Crippen molar-refractivity contribution < 1.29 is 33.0 Å². The molecule has 0 amide bonds. The van der Waals surface area contributed by atoms with Crippen molar-refractivity contribution in [1.82, 2.24) is 4.57 Å². The number of aromatic nitrogens is 2. The van der Waals surface area contributed by atoms with E-state index in [9.17, 15) is 0 Å². The molecule has 0 bridgehead atoms. The Morgan fingerprint density at radius 1 is 1.40 bits per heavy atom. The summed E-state index contributed by atoms with van der Waals surface area (Å²) in [7, 11) is 4.03. The highest BCUT2D eigenvalue weighted by Gasteiger charge is 2.06. The van der Waals surface area contributed by atoms with Gasteiger partial charge < -0.3 is 28.4 Å². The maximum Gasteiger partial charge on any atom is 0.281 e. The van der Waals surface area contributed by atoms with E-state index >= 15 is 0 Å². The maximum absolute atomic E-state index is 5.21. The zero-order valence-electron chi connectivity index (χ0n) is 8.72. The van der Waals surface area contributed by atoms with Crippen molar-refractivity contribution >= 4 is 12.2 Å². The highest BCUT2D eigenvalue weighted by Crippen LogP contribution is 2.05. The Hall–Kier alpha value is -1.04. The van der Waals surface area contributed by atoms with Crippen LogP contribution in [0, 0.1) is 0 Å². The summed E-state index contributed by atoms with van der Waals surface area (Å²) in [5, 5.41) is 0. The van der Waals surface area contributed by atoms with Crippen LogP contribution < -0.4 is 28.5 Å². The van der Waals surface area contributed by atoms with Gasteiger partial charge in [0.2, 0.25) is 0 Å². The number of hydrogen-bond donors (Lipinski definition) is 0. The standard InChI is InChI=1S/C11H13N2O.HI/c1-12-7-8-13(2)11(12)6-5-10-4-3-9-14-10;/h3-9H,1-2H3;1H/q+1;/p-1. The van der Waals surface area contributed by atoms with Gasteiger partial charge in [0.25, 0.3) is 5.82 Å². The van der Waals surface area contributed by atoms with E-state index in [1.165, 1.54) is 0 Å². The number of aryl methyl sites for hydroxylation is 2. The SMILES string of the molecule is Cn1cc[n+](C)c1C=Cc1ccco1.[I-]. The lowest BCUT2D eigenvalue weighted by Crippen LogP contribution is -3.00. The largest absolute Gasteiger partial charge is 1.00 e. The molecule has 3 nitrogen and oxygen atoms in total. The highest BCUT2D eigenvalue weighted by molar-refractivity contribution is 5.62. The molecule has 2 aromatic heterocycles. The summed E-state index contributed by atoms with van der Waals surface area (Å²) in [6.07, 6.45) is 9.68. The van der Waals surface area contributed by atoms with Gasteiger partial charge in [-0.3, -0.25) is 0 Å². The summed E-state index contributed by atoms with van der Waals surface area (Å²) in [6.45, 7) is 0. The highest BCUT2D eigenvalue weighted by atomic mass is 127. The molecule has 15 heavy (non-hydrogen) atoms. The van der Waals surface area contributed by atoms with Gasteiger partial charge in [-0.1, -0.05) is 0 Å². The Bertz CT molecular complexity index is 424. The third-order valence-corrected chi connectivity index (χ3v) is 2.18. The molecule has 2 heterocycles. The first kappa shape index (κ1) is 12.0. The zero-order chi connectivity index (χ0) is 9.97. The van der Waals surface area contributed by atoms with Crippen LogP contribution in [0.1, 0.15) is 11.6 Å². The first-order valence-corrected chi connectivity index (χ1v) is 4.50. The fourth-order valence-corrected chi connectivity index (χ4v) is 1.38. The number of rotatable bonds is 2. The number of halogens is 1. The van der Waals surface area contributed by atoms with E-state index in [-0.39, 0.29) is 24.0 Å². The van der Waals surface area contributed by atoms with Gasteiger partial charge in [0.1, 0.15) is 18.2 Å². The third-order valence-electron chi connectivity index (χ3n) is 2.18. The molecule has 0 aromatic carbocycles. The summed E-state index contributed by atoms with van der Waals surface area (Å²) in [5.74, 6) is 1.99. The summed E-state index contributed by atoms with van der Waals surface area (Å²) in [5.41, 5.74) is 0. The fourth-order valence-electron chi connectivity index (χ4n) is 1.38. The Labute approximate surface area is 106 Å². The predicted molar refractivity (Wildman–Crippen MR) is 54.2 cm³/mol. The molecule has 0 aliphatic carbocycles. The molecule has 2 aromatic rings. The van der Waals surface area contributed by atoms with E-state index in [4.69, 9.17) is 4.42 Å². The third kappa shape index (κ3) is 2.71. The van der Waals surface area contributed by atoms with Gasteiger partial charge in [0, 0.05) is 6.08 Å². The second-order valence-electron chi connectivity index (χ2n) is 3.23. The number of nitrogens with zero attached hydrogens (tertiary/aromatic N) is 2. The lowest BCUT2D eigenvalue weighted by molar-refractivity contribution is -0.672. The van der Waals surface area contributed by atoms with Crippen LogP contribution in [-0.4, -0.2) is 4.57 Å². The lowest BCUT2D eigenvalue weighted by atomic mass is 10.4. The van der Waals surface area contributed by atoms with Gasteiger partial charge in [0.05, 0.1) is 20.4 Å². The normalized spacial score (nSPS) is 10.5. The van der Waals surface area contributed by atoms with Crippen molar-refractivity contribution in [1.29, 1.82) is 0 Å². The van der Waals surface area contributed by atoms with Crippen molar-refractivity contribution in [3.8, 4) is 0 Å². The van der Waals surface area contributed by atoms with Crippen molar-refractivity contribution in [2.24, 2.45) is 14.1 Å². The summed E-state index contributed by atoms with van der Waals surface area (Å²) in [4.78, 5) is 0. The van der Waals surface area contributed by atoms with Gasteiger partial charge in [0.15, 0.2) is 0 Å². The van der Waals surface area contributed by atoms with Crippen LogP contribution in [0.5, 0.6) is 0 Å². The summed E-state index contributed by atoms with van der Waals surface area (Å²) < 4.78 is 9.32. The van der Waals surface area contributed by atoms with E-state index in [1.54, 1.807) is 6.26 Å². The minimum Gasteiger partial charge on any atom is -1.00 e. The van der Waals surface area contributed by atoms with Gasteiger partial charge >= 0.3 is 0 Å². The van der Waals surface area contributed by atoms with Gasteiger partial charge in [-0.05, 0) is 18.2 Å². The van der Waals surface area contributed by atoms with E-state index in [1.807, 2.05) is 50.8 Å². The van der Waals surface area contributed by atoms with Crippen LogP contribution in [0.2, 0.25) is 0 Å². The second-order valence-corrected chi connectivity index (χ2v) is 3.23. The molecule has 2 rings (SSSR count). The molecule has 0 N–H and O–H groups in total. The Morgan fingerprint density at radius 3 is 2.73 bits per heavy atom. The molecule has 0 spiro atoms. The van der Waals surface area contributed by atoms with Crippen LogP contribution in [0.3, 0.4) is 0 Å². The van der Waals surface area contributed by atoms with Crippen molar-refractivity contribution in [2.45, 2.75) is 0 Å². The molecule has 0 saturated heterocycles. The van der Waals surface area contributed by atoms with E-state index in [0.29, 0.717) is 0 Å². The van der Waals surface area contributed by atoms with Crippen LogP contribution >= 0.6 is 0 Å². The molecule has 0 unspecified atom stereocenters. The van der Waals surface area contributed by atoms with Crippen LogP contribution in [0.4, 0.5) is 0 Å². The molecule has 0 saturated carbocycles. The van der Waals surface area contributed by atoms with Gasteiger partial charge in [-0.25, -0.2) is 9.13 Å². The quantitative estimate of drug-likeness (QED) is 0.494. The lowest BCUT2D eigenvalue weighted by Gasteiger charge is -1.89. The number of hydrogen-bond acceptors (Lipinski definition) is 1. The second kappa shape index (κ2) is 5.16. The van der Waals surface area contributed by atoms with E-state index in [2.05, 4.69) is 9.13 Å². The minimum atomic E-state index is 0. The van der Waals surface area contributed by atoms with Crippen LogP contribution in [0.15, 0.2) is 35.2 Å². The molecular weight excluding hydrogens is 303 g/mol. The van der Waals surface area contributed by atoms with Gasteiger partial charge in [-0.15, -0.1) is 0 Å². The van der Waals surface area contributed by atoms with Crippen LogP contribution in [-0.2, 0) is 14.1 Å². The molecule has 4 heteroatoms. The van der Waals surface area contributed by atoms with Crippen molar-refractivity contribution in [3.05, 3.63) is 42.4 Å². The molecule has 0 atom stereocenters. The summed E-state index contributed by atoms with van der Waals surface area (Å²) >= 11 is 0. The number of imidazole rings is 1. The Morgan fingerprint density at radius 2 is 2.20 bits per heavy atom. The fraction of sp³-hybridized carbons (Fsp3) is 0.182. The van der Waals surface area contributed by atoms with E-state index in [0.717, 1.165) is 11.6 Å². The van der Waals surface area contributed by atoms with Crippen LogP contribution in [0.25, 0.3) is 12.2 Å². The molecule has 0 aliphatic rings. The summed E-state index contributed by atoms with van der Waals surface area (Å²) in [6, 6.07) is 3.81. The first-order valence-electron chi connectivity index (χ1n) is 4.50. The van der Waals surface area contributed by atoms with Crippen molar-refractivity contribution in [3.63, 3.8) is 0 Å². The van der Waals surface area contributed by atoms with Gasteiger partial charge in [-0.2, -0.15) is 0 Å². The average Bonchev–Trinajstić information content (AvgIpc) is 2.76. The number of furan rings is 1. The molecular formula is C11H13IN2O. The molecule has 0 radical (unpaired) electrons. The molecule has 0 aliphatic heterocycles. The molecule has 80 valence electrons. The Balaban J connectivity index is 0.00000112. The minimum absolute atomic E-state index is 0. The Kier molecular flexibility index (Phi) is 4.14.